The Morgan fingerprint density at radius 2 is 2.10 bits per heavy atom. The van der Waals surface area contributed by atoms with Gasteiger partial charge in [0.2, 0.25) is 0 Å². The molecule has 1 unspecified atom stereocenters. The Morgan fingerprint density at radius 3 is 2.85 bits per heavy atom. The zero-order valence-corrected chi connectivity index (χ0v) is 12.9. The van der Waals surface area contributed by atoms with E-state index in [0.717, 1.165) is 24.2 Å². The van der Waals surface area contributed by atoms with Crippen LogP contribution in [-0.2, 0) is 16.6 Å². The van der Waals surface area contributed by atoms with Crippen LogP contribution >= 0.6 is 0 Å². The van der Waals surface area contributed by atoms with Crippen molar-refractivity contribution in [1.82, 2.24) is 0 Å². The molecule has 3 atom stereocenters. The van der Waals surface area contributed by atoms with Crippen molar-refractivity contribution in [3.8, 4) is 5.75 Å². The average molecular weight is 274 g/mol. The standard InChI is InChI=1S/C18H26O2/c1-18-10-4-5-14(12-19-2)16(18)9-7-13-6-8-15(20-3)11-17(13)18/h6,8,11,14,16H,4-5,7,9-10,12H2,1-3H3/t14-,16?,18+/m1/s1. The number of rotatable bonds is 3. The van der Waals surface area contributed by atoms with E-state index in [9.17, 15) is 0 Å². The van der Waals surface area contributed by atoms with E-state index in [0.29, 0.717) is 5.41 Å². The van der Waals surface area contributed by atoms with Gasteiger partial charge in [0, 0.05) is 13.7 Å². The van der Waals surface area contributed by atoms with Crippen LogP contribution in [0.5, 0.6) is 5.75 Å². The fourth-order valence-corrected chi connectivity index (χ4v) is 4.68. The molecule has 1 aromatic carbocycles. The summed E-state index contributed by atoms with van der Waals surface area (Å²) < 4.78 is 10.9. The van der Waals surface area contributed by atoms with Crippen molar-refractivity contribution in [3.05, 3.63) is 29.3 Å². The predicted octanol–water partition coefficient (Wildman–Crippen LogP) is 3.96. The molecule has 2 aliphatic rings. The highest BCUT2D eigenvalue weighted by Crippen LogP contribution is 2.52. The molecule has 0 radical (unpaired) electrons. The van der Waals surface area contributed by atoms with E-state index in [4.69, 9.17) is 9.47 Å². The smallest absolute Gasteiger partial charge is 0.119 e. The van der Waals surface area contributed by atoms with Crippen molar-refractivity contribution >= 4 is 0 Å². The summed E-state index contributed by atoms with van der Waals surface area (Å²) in [6.07, 6.45) is 6.47. The van der Waals surface area contributed by atoms with E-state index >= 15 is 0 Å². The number of ether oxygens (including phenoxy) is 2. The van der Waals surface area contributed by atoms with Crippen LogP contribution in [0.3, 0.4) is 0 Å². The van der Waals surface area contributed by atoms with Crippen molar-refractivity contribution in [2.45, 2.75) is 44.4 Å². The van der Waals surface area contributed by atoms with Crippen molar-refractivity contribution in [2.75, 3.05) is 20.8 Å². The summed E-state index contributed by atoms with van der Waals surface area (Å²) in [6, 6.07) is 6.67. The molecule has 0 N–H and O–H groups in total. The number of aryl methyl sites for hydroxylation is 1. The Hall–Kier alpha value is -1.02. The summed E-state index contributed by atoms with van der Waals surface area (Å²) in [4.78, 5) is 0. The van der Waals surface area contributed by atoms with E-state index in [1.807, 2.05) is 7.11 Å². The third-order valence-electron chi connectivity index (χ3n) is 5.70. The number of methoxy groups -OCH3 is 2. The minimum absolute atomic E-state index is 0.309. The highest BCUT2D eigenvalue weighted by molar-refractivity contribution is 5.43. The monoisotopic (exact) mass is 274 g/mol. The Morgan fingerprint density at radius 1 is 1.25 bits per heavy atom. The predicted molar refractivity (Wildman–Crippen MR) is 81.4 cm³/mol. The summed E-state index contributed by atoms with van der Waals surface area (Å²) in [7, 11) is 3.60. The largest absolute Gasteiger partial charge is 0.497 e. The fraction of sp³-hybridized carbons (Fsp3) is 0.667. The molecule has 2 heteroatoms. The van der Waals surface area contributed by atoms with Gasteiger partial charge in [-0.25, -0.2) is 0 Å². The van der Waals surface area contributed by atoms with Crippen molar-refractivity contribution in [2.24, 2.45) is 11.8 Å². The Kier molecular flexibility index (Phi) is 3.76. The van der Waals surface area contributed by atoms with Crippen LogP contribution in [0.15, 0.2) is 18.2 Å². The molecule has 0 aliphatic heterocycles. The molecule has 1 fully saturated rings. The van der Waals surface area contributed by atoms with Crippen LogP contribution in [0.2, 0.25) is 0 Å². The normalized spacial score (nSPS) is 32.4. The maximum absolute atomic E-state index is 5.48. The van der Waals surface area contributed by atoms with Crippen molar-refractivity contribution < 1.29 is 9.47 Å². The molecule has 2 aliphatic carbocycles. The molecule has 2 nitrogen and oxygen atoms in total. The lowest BCUT2D eigenvalue weighted by atomic mass is 9.55. The van der Waals surface area contributed by atoms with Crippen LogP contribution in [0.1, 0.15) is 43.7 Å². The van der Waals surface area contributed by atoms with Gasteiger partial charge in [0.25, 0.3) is 0 Å². The molecule has 20 heavy (non-hydrogen) atoms. The van der Waals surface area contributed by atoms with E-state index < -0.39 is 0 Å². The Bertz CT molecular complexity index is 480. The summed E-state index contributed by atoms with van der Waals surface area (Å²) in [6.45, 7) is 3.39. The molecule has 0 bridgehead atoms. The van der Waals surface area contributed by atoms with E-state index in [1.54, 1.807) is 7.11 Å². The van der Waals surface area contributed by atoms with Gasteiger partial charge in [-0.15, -0.1) is 0 Å². The van der Waals surface area contributed by atoms with Gasteiger partial charge in [-0.3, -0.25) is 0 Å². The summed E-state index contributed by atoms with van der Waals surface area (Å²) >= 11 is 0. The summed E-state index contributed by atoms with van der Waals surface area (Å²) in [5, 5.41) is 0. The fourth-order valence-electron chi connectivity index (χ4n) is 4.68. The minimum Gasteiger partial charge on any atom is -0.497 e. The van der Waals surface area contributed by atoms with Crippen molar-refractivity contribution in [1.29, 1.82) is 0 Å². The average Bonchev–Trinajstić information content (AvgIpc) is 2.47. The molecule has 3 rings (SSSR count). The van der Waals surface area contributed by atoms with Gasteiger partial charge >= 0.3 is 0 Å². The summed E-state index contributed by atoms with van der Waals surface area (Å²) in [5.74, 6) is 2.48. The summed E-state index contributed by atoms with van der Waals surface area (Å²) in [5.41, 5.74) is 3.38. The topological polar surface area (TPSA) is 18.5 Å². The first-order valence-electron chi connectivity index (χ1n) is 7.85. The van der Waals surface area contributed by atoms with Crippen LogP contribution in [-0.4, -0.2) is 20.8 Å². The van der Waals surface area contributed by atoms with Gasteiger partial charge in [0.1, 0.15) is 5.75 Å². The maximum atomic E-state index is 5.48. The zero-order chi connectivity index (χ0) is 14.2. The van der Waals surface area contributed by atoms with Gasteiger partial charge < -0.3 is 9.47 Å². The molecule has 0 aromatic heterocycles. The highest BCUT2D eigenvalue weighted by atomic mass is 16.5. The zero-order valence-electron chi connectivity index (χ0n) is 12.9. The minimum atomic E-state index is 0.309. The third kappa shape index (κ3) is 2.14. The molecule has 110 valence electrons. The number of benzene rings is 1. The molecule has 1 saturated carbocycles. The molecule has 0 spiro atoms. The quantitative estimate of drug-likeness (QED) is 0.830. The first-order chi connectivity index (χ1) is 9.69. The second kappa shape index (κ2) is 5.40. The van der Waals surface area contributed by atoms with E-state index in [2.05, 4.69) is 25.1 Å². The number of hydrogen-bond acceptors (Lipinski definition) is 2. The van der Waals surface area contributed by atoms with E-state index in [-0.39, 0.29) is 0 Å². The van der Waals surface area contributed by atoms with Gasteiger partial charge in [0.15, 0.2) is 0 Å². The van der Waals surface area contributed by atoms with Gasteiger partial charge in [-0.2, -0.15) is 0 Å². The second-order valence-corrected chi connectivity index (χ2v) is 6.69. The Balaban J connectivity index is 2.00. The Labute approximate surface area is 122 Å². The molecule has 0 heterocycles. The maximum Gasteiger partial charge on any atom is 0.119 e. The number of fused-ring (bicyclic) bond motifs is 3. The molecular formula is C18H26O2. The second-order valence-electron chi connectivity index (χ2n) is 6.69. The van der Waals surface area contributed by atoms with Gasteiger partial charge in [-0.05, 0) is 66.2 Å². The van der Waals surface area contributed by atoms with Gasteiger partial charge in [0.05, 0.1) is 7.11 Å². The van der Waals surface area contributed by atoms with E-state index in [1.165, 1.54) is 43.2 Å². The first kappa shape index (κ1) is 13.9. The lowest BCUT2D eigenvalue weighted by molar-refractivity contribution is 0.0408. The molecule has 0 saturated heterocycles. The van der Waals surface area contributed by atoms with Crippen LogP contribution < -0.4 is 4.74 Å². The molecule has 1 aromatic rings. The third-order valence-corrected chi connectivity index (χ3v) is 5.70. The number of hydrogen-bond donors (Lipinski definition) is 0. The lowest BCUT2D eigenvalue weighted by Gasteiger charge is -2.50. The van der Waals surface area contributed by atoms with Crippen LogP contribution in [0.25, 0.3) is 0 Å². The molecular weight excluding hydrogens is 248 g/mol. The van der Waals surface area contributed by atoms with Gasteiger partial charge in [-0.1, -0.05) is 19.4 Å². The van der Waals surface area contributed by atoms with Crippen LogP contribution in [0, 0.1) is 11.8 Å². The molecule has 0 amide bonds. The highest BCUT2D eigenvalue weighted by Gasteiger charge is 2.46. The van der Waals surface area contributed by atoms with Crippen LogP contribution in [0.4, 0.5) is 0 Å². The first-order valence-corrected chi connectivity index (χ1v) is 7.85. The van der Waals surface area contributed by atoms with Crippen molar-refractivity contribution in [3.63, 3.8) is 0 Å². The SMILES string of the molecule is COC[C@H]1CCC[C@]2(C)c3cc(OC)ccc3CCC12. The lowest BCUT2D eigenvalue weighted by Crippen LogP contribution is -2.45.